The first kappa shape index (κ1) is 18.7. The van der Waals surface area contributed by atoms with Crippen molar-refractivity contribution in [3.8, 4) is 17.6 Å². The third-order valence-electron chi connectivity index (χ3n) is 4.92. The summed E-state index contributed by atoms with van der Waals surface area (Å²) in [6.45, 7) is 0.938. The Balaban J connectivity index is 1.79. The van der Waals surface area contributed by atoms with Gasteiger partial charge in [0.25, 0.3) is 11.8 Å². The number of rotatable bonds is 3. The summed E-state index contributed by atoms with van der Waals surface area (Å²) in [5.74, 6) is 5.80. The lowest BCUT2D eigenvalue weighted by Gasteiger charge is -2.28. The Kier molecular flexibility index (Phi) is 4.79. The van der Waals surface area contributed by atoms with Crippen molar-refractivity contribution in [1.82, 2.24) is 9.80 Å². The molecule has 5 nitrogen and oxygen atoms in total. The average molecular weight is 384 g/mol. The fourth-order valence-corrected chi connectivity index (χ4v) is 3.42. The summed E-state index contributed by atoms with van der Waals surface area (Å²) in [4.78, 5) is 29.2. The predicted molar refractivity (Wildman–Crippen MR) is 112 cm³/mol. The molecule has 2 amide bonds. The van der Waals surface area contributed by atoms with E-state index >= 15 is 0 Å². The first-order valence-corrected chi connectivity index (χ1v) is 9.33. The topological polar surface area (TPSA) is 60.9 Å². The largest absolute Gasteiger partial charge is 0.508 e. The molecule has 1 aliphatic rings. The lowest BCUT2D eigenvalue weighted by Crippen LogP contribution is -2.43. The number of phenols is 1. The molecule has 1 heterocycles. The monoisotopic (exact) mass is 384 g/mol. The van der Waals surface area contributed by atoms with Gasteiger partial charge in [-0.3, -0.25) is 14.5 Å². The number of phenolic OH excluding ortho intramolecular Hbond substituents is 1. The molecule has 1 N–H and O–H groups in total. The highest BCUT2D eigenvalue weighted by molar-refractivity contribution is 6.25. The van der Waals surface area contributed by atoms with Crippen molar-refractivity contribution in [2.45, 2.75) is 0 Å². The molecule has 3 aromatic rings. The lowest BCUT2D eigenvalue weighted by atomic mass is 9.92. The van der Waals surface area contributed by atoms with E-state index in [1.54, 1.807) is 36.4 Å². The van der Waals surface area contributed by atoms with Crippen LogP contribution in [0.15, 0.2) is 54.6 Å². The van der Waals surface area contributed by atoms with Crippen molar-refractivity contribution < 1.29 is 14.7 Å². The molecule has 144 valence electrons. The maximum absolute atomic E-state index is 13.1. The third kappa shape index (κ3) is 3.58. The van der Waals surface area contributed by atoms with Gasteiger partial charge in [-0.15, -0.1) is 0 Å². The highest BCUT2D eigenvalue weighted by Crippen LogP contribution is 2.31. The zero-order valence-electron chi connectivity index (χ0n) is 16.3. The molecule has 0 unspecified atom stereocenters. The van der Waals surface area contributed by atoms with Crippen molar-refractivity contribution in [2.24, 2.45) is 0 Å². The number of imide groups is 1. The van der Waals surface area contributed by atoms with E-state index in [9.17, 15) is 14.7 Å². The summed E-state index contributed by atoms with van der Waals surface area (Å²) in [5, 5.41) is 10.9. The van der Waals surface area contributed by atoms with Crippen LogP contribution < -0.4 is 0 Å². The van der Waals surface area contributed by atoms with Crippen molar-refractivity contribution in [1.29, 1.82) is 0 Å². The quantitative estimate of drug-likeness (QED) is 0.557. The van der Waals surface area contributed by atoms with E-state index < -0.39 is 0 Å². The molecule has 0 fully saturated rings. The van der Waals surface area contributed by atoms with Gasteiger partial charge in [0.15, 0.2) is 0 Å². The number of hydrogen-bond acceptors (Lipinski definition) is 4. The van der Waals surface area contributed by atoms with E-state index in [2.05, 4.69) is 11.8 Å². The Hall–Kier alpha value is -3.62. The fraction of sp³-hybridized carbons (Fsp3) is 0.167. The molecule has 3 aromatic carbocycles. The van der Waals surface area contributed by atoms with Gasteiger partial charge in [0.05, 0.1) is 0 Å². The van der Waals surface area contributed by atoms with Gasteiger partial charge in [-0.1, -0.05) is 24.0 Å². The van der Waals surface area contributed by atoms with Crippen LogP contribution in [0.1, 0.15) is 31.8 Å². The van der Waals surface area contributed by atoms with Gasteiger partial charge in [-0.25, -0.2) is 0 Å². The van der Waals surface area contributed by atoms with Crippen LogP contribution in [0.3, 0.4) is 0 Å². The third-order valence-corrected chi connectivity index (χ3v) is 4.92. The average Bonchev–Trinajstić information content (AvgIpc) is 2.71. The van der Waals surface area contributed by atoms with E-state index in [0.29, 0.717) is 35.2 Å². The number of aromatic hydroxyl groups is 1. The van der Waals surface area contributed by atoms with E-state index in [1.807, 2.05) is 37.2 Å². The molecule has 0 aliphatic carbocycles. The van der Waals surface area contributed by atoms with Gasteiger partial charge < -0.3 is 10.0 Å². The first-order chi connectivity index (χ1) is 13.9. The van der Waals surface area contributed by atoms with Crippen LogP contribution >= 0.6 is 0 Å². The fourth-order valence-electron chi connectivity index (χ4n) is 3.42. The van der Waals surface area contributed by atoms with Crippen LogP contribution in [0, 0.1) is 11.8 Å². The molecule has 0 bridgehead atoms. The molecule has 1 aliphatic heterocycles. The Morgan fingerprint density at radius 2 is 1.59 bits per heavy atom. The van der Waals surface area contributed by atoms with Crippen LogP contribution in [-0.4, -0.2) is 53.9 Å². The summed E-state index contributed by atoms with van der Waals surface area (Å²) < 4.78 is 0. The van der Waals surface area contributed by atoms with Gasteiger partial charge in [0.2, 0.25) is 0 Å². The minimum atomic E-state index is -0.283. The summed E-state index contributed by atoms with van der Waals surface area (Å²) in [5.41, 5.74) is 2.52. The number of amides is 2. The maximum atomic E-state index is 13.1. The molecular formula is C24H20N2O3. The van der Waals surface area contributed by atoms with Gasteiger partial charge in [-0.05, 0) is 61.9 Å². The molecule has 0 spiro atoms. The number of carbonyl (C=O) groups is 2. The first-order valence-electron chi connectivity index (χ1n) is 9.33. The van der Waals surface area contributed by atoms with Crippen LogP contribution in [-0.2, 0) is 0 Å². The normalized spacial score (nSPS) is 13.0. The molecule has 29 heavy (non-hydrogen) atoms. The number of benzene rings is 3. The number of nitrogens with zero attached hydrogens (tertiary/aromatic N) is 2. The molecule has 0 atom stereocenters. The summed E-state index contributed by atoms with van der Waals surface area (Å²) >= 11 is 0. The van der Waals surface area contributed by atoms with Gasteiger partial charge in [0, 0.05) is 40.7 Å². The Bertz CT molecular complexity index is 1180. The van der Waals surface area contributed by atoms with Gasteiger partial charge in [-0.2, -0.15) is 0 Å². The SMILES string of the molecule is CN(C)CCN1C(=O)c2cccc3cc(C#Cc4ccc(O)cc4)cc(c23)C1=O. The Morgan fingerprint density at radius 3 is 2.31 bits per heavy atom. The lowest BCUT2D eigenvalue weighted by molar-refractivity contribution is 0.0601. The van der Waals surface area contributed by atoms with Crippen LogP contribution in [0.4, 0.5) is 0 Å². The second-order valence-corrected chi connectivity index (χ2v) is 7.29. The highest BCUT2D eigenvalue weighted by atomic mass is 16.3. The maximum Gasteiger partial charge on any atom is 0.261 e. The van der Waals surface area contributed by atoms with Crippen molar-refractivity contribution in [3.63, 3.8) is 0 Å². The molecule has 4 rings (SSSR count). The van der Waals surface area contributed by atoms with Crippen LogP contribution in [0.5, 0.6) is 5.75 Å². The molecular weight excluding hydrogens is 364 g/mol. The van der Waals surface area contributed by atoms with Gasteiger partial charge >= 0.3 is 0 Å². The zero-order valence-corrected chi connectivity index (χ0v) is 16.3. The standard InChI is InChI=1S/C24H20N2O3/c1-25(2)12-13-26-23(28)20-5-3-4-18-14-17(15-21(22(18)20)24(26)29)7-6-16-8-10-19(27)11-9-16/h3-5,8-11,14-15,27H,12-13H2,1-2H3. The summed E-state index contributed by atoms with van der Waals surface area (Å²) in [6, 6.07) is 15.8. The highest BCUT2D eigenvalue weighted by Gasteiger charge is 2.32. The smallest absolute Gasteiger partial charge is 0.261 e. The van der Waals surface area contributed by atoms with E-state index in [-0.39, 0.29) is 17.6 Å². The number of hydrogen-bond donors (Lipinski definition) is 1. The second kappa shape index (κ2) is 7.42. The summed E-state index contributed by atoms with van der Waals surface area (Å²) in [6.07, 6.45) is 0. The second-order valence-electron chi connectivity index (χ2n) is 7.29. The Morgan fingerprint density at radius 1 is 0.897 bits per heavy atom. The van der Waals surface area contributed by atoms with Crippen molar-refractivity contribution >= 4 is 22.6 Å². The summed E-state index contributed by atoms with van der Waals surface area (Å²) in [7, 11) is 3.81. The minimum absolute atomic E-state index is 0.186. The van der Waals surface area contributed by atoms with E-state index in [0.717, 1.165) is 10.9 Å². The molecule has 0 aromatic heterocycles. The molecule has 0 saturated heterocycles. The Labute approximate surface area is 169 Å². The number of likely N-dealkylation sites (N-methyl/N-ethyl adjacent to an activating group) is 1. The zero-order chi connectivity index (χ0) is 20.5. The van der Waals surface area contributed by atoms with E-state index in [4.69, 9.17) is 0 Å². The van der Waals surface area contributed by atoms with Crippen LogP contribution in [0.25, 0.3) is 10.8 Å². The number of carbonyl (C=O) groups excluding carboxylic acids is 2. The van der Waals surface area contributed by atoms with Crippen molar-refractivity contribution in [2.75, 3.05) is 27.2 Å². The van der Waals surface area contributed by atoms with E-state index in [1.165, 1.54) is 4.90 Å². The van der Waals surface area contributed by atoms with Crippen LogP contribution in [0.2, 0.25) is 0 Å². The minimum Gasteiger partial charge on any atom is -0.508 e. The predicted octanol–water partition coefficient (Wildman–Crippen LogP) is 3.10. The van der Waals surface area contributed by atoms with Crippen molar-refractivity contribution in [3.05, 3.63) is 76.9 Å². The molecule has 5 heteroatoms. The molecule has 0 radical (unpaired) electrons. The van der Waals surface area contributed by atoms with Gasteiger partial charge in [0.1, 0.15) is 5.75 Å². The molecule has 0 saturated carbocycles.